The fraction of sp³-hybridized carbons (Fsp3) is 0.111. The second-order valence-corrected chi connectivity index (χ2v) is 4.27. The van der Waals surface area contributed by atoms with E-state index in [4.69, 9.17) is 16.0 Å². The maximum Gasteiger partial charge on any atom is 0.271 e. The molecule has 0 saturated heterocycles. The van der Waals surface area contributed by atoms with Crippen LogP contribution < -0.4 is 0 Å². The molecule has 0 bridgehead atoms. The van der Waals surface area contributed by atoms with Gasteiger partial charge in [0.15, 0.2) is 0 Å². The predicted molar refractivity (Wildman–Crippen MR) is 63.6 cm³/mol. The van der Waals surface area contributed by atoms with Crippen molar-refractivity contribution in [3.63, 3.8) is 0 Å². The van der Waals surface area contributed by atoms with E-state index in [-0.39, 0.29) is 23.3 Å². The van der Waals surface area contributed by atoms with Crippen molar-refractivity contribution in [3.05, 3.63) is 38.7 Å². The van der Waals surface area contributed by atoms with Crippen molar-refractivity contribution in [1.82, 2.24) is 10.2 Å². The molecule has 17 heavy (non-hydrogen) atoms. The van der Waals surface area contributed by atoms with Gasteiger partial charge in [-0.25, -0.2) is 0 Å². The highest BCUT2D eigenvalue weighted by Crippen LogP contribution is 2.27. The molecule has 88 valence electrons. The standard InChI is InChI=1S/C9H5BrClN3O3/c10-6-1-5(2-7(3-6)14(15)16)9-13-12-8(4-11)17-9/h1-3H,4H2. The first-order valence-corrected chi connectivity index (χ1v) is 5.76. The Morgan fingerprint density at radius 3 is 2.76 bits per heavy atom. The molecule has 1 heterocycles. The van der Waals surface area contributed by atoms with Crippen LogP contribution >= 0.6 is 27.5 Å². The van der Waals surface area contributed by atoms with E-state index >= 15 is 0 Å². The van der Waals surface area contributed by atoms with E-state index in [2.05, 4.69) is 26.1 Å². The van der Waals surface area contributed by atoms with Crippen LogP contribution in [0, 0.1) is 10.1 Å². The predicted octanol–water partition coefficient (Wildman–Crippen LogP) is 3.15. The Labute approximate surface area is 109 Å². The summed E-state index contributed by atoms with van der Waals surface area (Å²) >= 11 is 8.71. The van der Waals surface area contributed by atoms with Crippen LogP contribution in [0.1, 0.15) is 5.89 Å². The molecule has 0 spiro atoms. The fourth-order valence-electron chi connectivity index (χ4n) is 1.23. The van der Waals surface area contributed by atoms with Gasteiger partial charge < -0.3 is 4.42 Å². The molecule has 2 rings (SSSR count). The lowest BCUT2D eigenvalue weighted by molar-refractivity contribution is -0.384. The number of halogens is 2. The molecular weight excluding hydrogens is 313 g/mol. The summed E-state index contributed by atoms with van der Waals surface area (Å²) in [7, 11) is 0. The molecule has 0 aliphatic carbocycles. The summed E-state index contributed by atoms with van der Waals surface area (Å²) in [4.78, 5) is 10.2. The van der Waals surface area contributed by atoms with E-state index in [1.165, 1.54) is 12.1 Å². The van der Waals surface area contributed by atoms with Gasteiger partial charge >= 0.3 is 0 Å². The molecule has 0 aliphatic heterocycles. The molecule has 6 nitrogen and oxygen atoms in total. The van der Waals surface area contributed by atoms with Gasteiger partial charge in [-0.15, -0.1) is 21.8 Å². The van der Waals surface area contributed by atoms with E-state index in [0.29, 0.717) is 10.0 Å². The van der Waals surface area contributed by atoms with E-state index in [1.807, 2.05) is 0 Å². The third-order valence-electron chi connectivity index (χ3n) is 1.92. The number of nitro groups is 1. The van der Waals surface area contributed by atoms with Gasteiger partial charge in [0.2, 0.25) is 11.8 Å². The van der Waals surface area contributed by atoms with Crippen molar-refractivity contribution >= 4 is 33.2 Å². The Balaban J connectivity index is 2.47. The normalized spacial score (nSPS) is 10.5. The van der Waals surface area contributed by atoms with Crippen LogP contribution in [0.25, 0.3) is 11.5 Å². The van der Waals surface area contributed by atoms with Gasteiger partial charge in [0.1, 0.15) is 5.88 Å². The molecule has 8 heteroatoms. The van der Waals surface area contributed by atoms with Crippen molar-refractivity contribution in [3.8, 4) is 11.5 Å². The zero-order chi connectivity index (χ0) is 12.4. The molecule has 0 unspecified atom stereocenters. The molecule has 0 radical (unpaired) electrons. The van der Waals surface area contributed by atoms with Crippen LogP contribution in [0.3, 0.4) is 0 Å². The molecule has 0 saturated carbocycles. The summed E-state index contributed by atoms with van der Waals surface area (Å²) in [6.45, 7) is 0. The number of hydrogen-bond donors (Lipinski definition) is 0. The maximum atomic E-state index is 10.7. The van der Waals surface area contributed by atoms with Gasteiger partial charge in [0, 0.05) is 22.2 Å². The van der Waals surface area contributed by atoms with Crippen LogP contribution in [0.15, 0.2) is 27.1 Å². The second-order valence-electron chi connectivity index (χ2n) is 3.09. The summed E-state index contributed by atoms with van der Waals surface area (Å²) in [5.41, 5.74) is 0.412. The molecule has 0 aliphatic rings. The highest BCUT2D eigenvalue weighted by molar-refractivity contribution is 9.10. The quantitative estimate of drug-likeness (QED) is 0.493. The van der Waals surface area contributed by atoms with Crippen molar-refractivity contribution in [2.75, 3.05) is 0 Å². The third kappa shape index (κ3) is 2.62. The zero-order valence-electron chi connectivity index (χ0n) is 8.26. The average molecular weight is 319 g/mol. The molecule has 2 aromatic rings. The van der Waals surface area contributed by atoms with E-state index in [1.54, 1.807) is 6.07 Å². The van der Waals surface area contributed by atoms with Crippen molar-refractivity contribution in [2.24, 2.45) is 0 Å². The van der Waals surface area contributed by atoms with Gasteiger partial charge in [-0.3, -0.25) is 10.1 Å². The first kappa shape index (κ1) is 12.0. The first-order chi connectivity index (χ1) is 8.10. The van der Waals surface area contributed by atoms with Crippen molar-refractivity contribution in [1.29, 1.82) is 0 Å². The Morgan fingerprint density at radius 1 is 1.41 bits per heavy atom. The highest BCUT2D eigenvalue weighted by atomic mass is 79.9. The molecule has 0 atom stereocenters. The number of aromatic nitrogens is 2. The SMILES string of the molecule is O=[N+]([O-])c1cc(Br)cc(-c2nnc(CCl)o2)c1. The van der Waals surface area contributed by atoms with Crippen molar-refractivity contribution < 1.29 is 9.34 Å². The van der Waals surface area contributed by atoms with E-state index < -0.39 is 4.92 Å². The zero-order valence-corrected chi connectivity index (χ0v) is 10.6. The Hall–Kier alpha value is -1.47. The molecule has 0 fully saturated rings. The largest absolute Gasteiger partial charge is 0.419 e. The topological polar surface area (TPSA) is 82.1 Å². The molecular formula is C9H5BrClN3O3. The van der Waals surface area contributed by atoms with Crippen LogP contribution in [0.2, 0.25) is 0 Å². The highest BCUT2D eigenvalue weighted by Gasteiger charge is 2.14. The van der Waals surface area contributed by atoms with Gasteiger partial charge in [0.25, 0.3) is 5.69 Å². The third-order valence-corrected chi connectivity index (χ3v) is 2.61. The van der Waals surface area contributed by atoms with Crippen molar-refractivity contribution in [2.45, 2.75) is 5.88 Å². The smallest absolute Gasteiger partial charge is 0.271 e. The van der Waals surface area contributed by atoms with Gasteiger partial charge in [-0.1, -0.05) is 15.9 Å². The minimum atomic E-state index is -0.493. The van der Waals surface area contributed by atoms with E-state index in [0.717, 1.165) is 0 Å². The lowest BCUT2D eigenvalue weighted by Gasteiger charge is -1.97. The van der Waals surface area contributed by atoms with Crippen LogP contribution in [-0.4, -0.2) is 15.1 Å². The Bertz CT molecular complexity index is 572. The first-order valence-electron chi connectivity index (χ1n) is 4.44. The number of benzene rings is 1. The minimum absolute atomic E-state index is 0.0556. The molecule has 0 amide bonds. The minimum Gasteiger partial charge on any atom is -0.419 e. The summed E-state index contributed by atoms with van der Waals surface area (Å²) in [6.07, 6.45) is 0. The van der Waals surface area contributed by atoms with E-state index in [9.17, 15) is 10.1 Å². The monoisotopic (exact) mass is 317 g/mol. The summed E-state index contributed by atoms with van der Waals surface area (Å²) in [5.74, 6) is 0.567. The van der Waals surface area contributed by atoms with Crippen LogP contribution in [0.4, 0.5) is 5.69 Å². The maximum absolute atomic E-state index is 10.7. The molecule has 1 aromatic carbocycles. The summed E-state index contributed by atoms with van der Waals surface area (Å²) in [5, 5.41) is 18.1. The molecule has 0 N–H and O–H groups in total. The lowest BCUT2D eigenvalue weighted by atomic mass is 10.2. The summed E-state index contributed by atoms with van der Waals surface area (Å²) < 4.78 is 5.77. The number of hydrogen-bond acceptors (Lipinski definition) is 5. The van der Waals surface area contributed by atoms with Crippen LogP contribution in [-0.2, 0) is 5.88 Å². The van der Waals surface area contributed by atoms with Gasteiger partial charge in [0.05, 0.1) is 4.92 Å². The van der Waals surface area contributed by atoms with Crippen LogP contribution in [0.5, 0.6) is 0 Å². The number of alkyl halides is 1. The average Bonchev–Trinajstić information content (AvgIpc) is 2.76. The Kier molecular flexibility index (Phi) is 3.39. The fourth-order valence-corrected chi connectivity index (χ4v) is 1.82. The second kappa shape index (κ2) is 4.80. The number of nitrogens with zero attached hydrogens (tertiary/aromatic N) is 3. The van der Waals surface area contributed by atoms with Gasteiger partial charge in [-0.2, -0.15) is 0 Å². The van der Waals surface area contributed by atoms with Gasteiger partial charge in [-0.05, 0) is 6.07 Å². The summed E-state index contributed by atoms with van der Waals surface area (Å²) in [6, 6.07) is 4.40. The lowest BCUT2D eigenvalue weighted by Crippen LogP contribution is -1.89. The molecule has 1 aromatic heterocycles. The Morgan fingerprint density at radius 2 is 2.18 bits per heavy atom. The number of rotatable bonds is 3. The number of non-ortho nitro benzene ring substituents is 1. The number of nitro benzene ring substituents is 1.